The minimum Gasteiger partial charge on any atom is -0.341 e. The van der Waals surface area contributed by atoms with Crippen molar-refractivity contribution in [1.82, 2.24) is 15.1 Å². The molecule has 144 valence electrons. The van der Waals surface area contributed by atoms with E-state index in [9.17, 15) is 9.59 Å². The van der Waals surface area contributed by atoms with E-state index < -0.39 is 0 Å². The molecule has 5 nitrogen and oxygen atoms in total. The number of urea groups is 1. The zero-order valence-electron chi connectivity index (χ0n) is 16.8. The topological polar surface area (TPSA) is 52.7 Å². The van der Waals surface area contributed by atoms with Crippen LogP contribution in [0.3, 0.4) is 0 Å². The molecule has 0 radical (unpaired) electrons. The Kier molecular flexibility index (Phi) is 7.06. The monoisotopic (exact) mass is 359 g/mol. The molecule has 3 amide bonds. The van der Waals surface area contributed by atoms with E-state index in [0.29, 0.717) is 38.5 Å². The first-order valence-corrected chi connectivity index (χ1v) is 9.70. The van der Waals surface area contributed by atoms with Crippen molar-refractivity contribution in [2.24, 2.45) is 0 Å². The van der Waals surface area contributed by atoms with Crippen LogP contribution in [-0.4, -0.2) is 54.0 Å². The SMILES string of the molecule is Cc1ccc(C(C)C)cc1CC(=O)N1CCCN(C(=O)NC(C)C)CC1. The molecule has 5 heteroatoms. The van der Waals surface area contributed by atoms with Crippen LogP contribution in [0.4, 0.5) is 4.79 Å². The van der Waals surface area contributed by atoms with E-state index in [0.717, 1.165) is 17.5 Å². The molecule has 1 aliphatic rings. The second-order valence-electron chi connectivity index (χ2n) is 7.84. The third-order valence-electron chi connectivity index (χ3n) is 4.93. The van der Waals surface area contributed by atoms with Crippen LogP contribution in [0.2, 0.25) is 0 Å². The minimum atomic E-state index is -0.0326. The molecule has 1 fully saturated rings. The molecule has 0 saturated carbocycles. The molecule has 1 saturated heterocycles. The standard InChI is InChI=1S/C21H33N3O2/c1-15(2)18-8-7-17(5)19(13-18)14-20(25)23-9-6-10-24(12-11-23)21(26)22-16(3)4/h7-8,13,15-16H,6,9-12,14H2,1-5H3,(H,22,26). The molecule has 0 unspecified atom stereocenters. The maximum atomic E-state index is 12.8. The number of aryl methyl sites for hydroxylation is 1. The summed E-state index contributed by atoms with van der Waals surface area (Å²) in [5.41, 5.74) is 3.54. The van der Waals surface area contributed by atoms with Crippen LogP contribution in [0.5, 0.6) is 0 Å². The van der Waals surface area contributed by atoms with Gasteiger partial charge in [0.2, 0.25) is 5.91 Å². The first-order chi connectivity index (χ1) is 12.3. The van der Waals surface area contributed by atoms with Crippen molar-refractivity contribution in [2.45, 2.75) is 59.4 Å². The van der Waals surface area contributed by atoms with Crippen molar-refractivity contribution in [2.75, 3.05) is 26.2 Å². The Morgan fingerprint density at radius 3 is 2.35 bits per heavy atom. The smallest absolute Gasteiger partial charge is 0.317 e. The van der Waals surface area contributed by atoms with Gasteiger partial charge >= 0.3 is 6.03 Å². The Labute approximate surface area is 157 Å². The molecule has 1 aliphatic heterocycles. The molecular formula is C21H33N3O2. The van der Waals surface area contributed by atoms with Crippen LogP contribution in [0.15, 0.2) is 18.2 Å². The molecule has 0 aliphatic carbocycles. The van der Waals surface area contributed by atoms with Crippen LogP contribution in [0, 0.1) is 6.92 Å². The van der Waals surface area contributed by atoms with Gasteiger partial charge in [-0.15, -0.1) is 0 Å². The number of rotatable bonds is 4. The largest absolute Gasteiger partial charge is 0.341 e. The number of nitrogens with one attached hydrogen (secondary N) is 1. The van der Waals surface area contributed by atoms with Crippen molar-refractivity contribution in [3.63, 3.8) is 0 Å². The molecule has 0 bridgehead atoms. The van der Waals surface area contributed by atoms with Crippen LogP contribution >= 0.6 is 0 Å². The Morgan fingerprint density at radius 1 is 1.04 bits per heavy atom. The summed E-state index contributed by atoms with van der Waals surface area (Å²) < 4.78 is 0. The molecule has 0 atom stereocenters. The van der Waals surface area contributed by atoms with Gasteiger partial charge in [-0.2, -0.15) is 0 Å². The van der Waals surface area contributed by atoms with Gasteiger partial charge < -0.3 is 15.1 Å². The summed E-state index contributed by atoms with van der Waals surface area (Å²) in [5, 5.41) is 2.93. The number of nitrogens with zero attached hydrogens (tertiary/aromatic N) is 2. The third kappa shape index (κ3) is 5.48. The Balaban J connectivity index is 1.98. The number of amides is 3. The molecule has 0 spiro atoms. The first-order valence-electron chi connectivity index (χ1n) is 9.70. The van der Waals surface area contributed by atoms with Crippen molar-refractivity contribution in [3.05, 3.63) is 34.9 Å². The number of hydrogen-bond acceptors (Lipinski definition) is 2. The lowest BCUT2D eigenvalue weighted by atomic mass is 9.96. The average Bonchev–Trinajstić information content (AvgIpc) is 2.82. The predicted molar refractivity (Wildman–Crippen MR) is 105 cm³/mol. The molecule has 1 N–H and O–H groups in total. The van der Waals surface area contributed by atoms with Gasteiger partial charge in [0.1, 0.15) is 0 Å². The molecule has 1 aromatic rings. The number of carbonyl (C=O) groups excluding carboxylic acids is 2. The first kappa shape index (κ1) is 20.3. The summed E-state index contributed by atoms with van der Waals surface area (Å²) in [6, 6.07) is 6.51. The van der Waals surface area contributed by atoms with Gasteiger partial charge in [-0.3, -0.25) is 4.79 Å². The second kappa shape index (κ2) is 9.06. The zero-order chi connectivity index (χ0) is 19.3. The highest BCUT2D eigenvalue weighted by Gasteiger charge is 2.22. The number of carbonyl (C=O) groups is 2. The Morgan fingerprint density at radius 2 is 1.69 bits per heavy atom. The van der Waals surface area contributed by atoms with Gasteiger partial charge in [-0.05, 0) is 49.8 Å². The highest BCUT2D eigenvalue weighted by molar-refractivity contribution is 5.79. The molecule has 0 aromatic heterocycles. The van der Waals surface area contributed by atoms with Crippen LogP contribution in [-0.2, 0) is 11.2 Å². The summed E-state index contributed by atoms with van der Waals surface area (Å²) >= 11 is 0. The van der Waals surface area contributed by atoms with Crippen molar-refractivity contribution in [1.29, 1.82) is 0 Å². The van der Waals surface area contributed by atoms with Gasteiger partial charge in [-0.1, -0.05) is 32.0 Å². The second-order valence-corrected chi connectivity index (χ2v) is 7.84. The fraction of sp³-hybridized carbons (Fsp3) is 0.619. The summed E-state index contributed by atoms with van der Waals surface area (Å²) in [6.45, 7) is 12.9. The summed E-state index contributed by atoms with van der Waals surface area (Å²) in [4.78, 5) is 28.7. The third-order valence-corrected chi connectivity index (χ3v) is 4.93. The van der Waals surface area contributed by atoms with Crippen molar-refractivity contribution < 1.29 is 9.59 Å². The van der Waals surface area contributed by atoms with E-state index >= 15 is 0 Å². The van der Waals surface area contributed by atoms with Crippen LogP contribution in [0.25, 0.3) is 0 Å². The lowest BCUT2D eigenvalue weighted by Crippen LogP contribution is -2.45. The van der Waals surface area contributed by atoms with Crippen molar-refractivity contribution >= 4 is 11.9 Å². The summed E-state index contributed by atoms with van der Waals surface area (Å²) in [5.74, 6) is 0.607. The normalized spacial score (nSPS) is 15.3. The van der Waals surface area contributed by atoms with E-state index in [1.807, 2.05) is 23.6 Å². The summed E-state index contributed by atoms with van der Waals surface area (Å²) in [7, 11) is 0. The minimum absolute atomic E-state index is 0.0326. The van der Waals surface area contributed by atoms with Gasteiger partial charge in [0.15, 0.2) is 0 Å². The molecular weight excluding hydrogens is 326 g/mol. The maximum Gasteiger partial charge on any atom is 0.317 e. The van der Waals surface area contributed by atoms with E-state index in [-0.39, 0.29) is 18.0 Å². The van der Waals surface area contributed by atoms with Gasteiger partial charge in [-0.25, -0.2) is 4.79 Å². The number of benzene rings is 1. The van der Waals surface area contributed by atoms with Gasteiger partial charge in [0.25, 0.3) is 0 Å². The van der Waals surface area contributed by atoms with Crippen LogP contribution in [0.1, 0.15) is 56.7 Å². The van der Waals surface area contributed by atoms with E-state index in [1.165, 1.54) is 5.56 Å². The molecule has 1 aromatic carbocycles. The molecule has 26 heavy (non-hydrogen) atoms. The molecule has 2 rings (SSSR count). The summed E-state index contributed by atoms with van der Waals surface area (Å²) in [6.07, 6.45) is 1.26. The van der Waals surface area contributed by atoms with Crippen LogP contribution < -0.4 is 5.32 Å². The fourth-order valence-corrected chi connectivity index (χ4v) is 3.22. The zero-order valence-corrected chi connectivity index (χ0v) is 16.8. The van der Waals surface area contributed by atoms with E-state index in [1.54, 1.807) is 0 Å². The number of hydrogen-bond donors (Lipinski definition) is 1. The highest BCUT2D eigenvalue weighted by atomic mass is 16.2. The Bertz CT molecular complexity index is 640. The van der Waals surface area contributed by atoms with Crippen molar-refractivity contribution in [3.8, 4) is 0 Å². The maximum absolute atomic E-state index is 12.8. The lowest BCUT2D eigenvalue weighted by molar-refractivity contribution is -0.130. The highest BCUT2D eigenvalue weighted by Crippen LogP contribution is 2.20. The van der Waals surface area contributed by atoms with Gasteiger partial charge in [0, 0.05) is 32.2 Å². The fourth-order valence-electron chi connectivity index (χ4n) is 3.22. The van der Waals surface area contributed by atoms with Gasteiger partial charge in [0.05, 0.1) is 6.42 Å². The Hall–Kier alpha value is -2.04. The average molecular weight is 360 g/mol. The lowest BCUT2D eigenvalue weighted by Gasteiger charge is -2.23. The van der Waals surface area contributed by atoms with E-state index in [2.05, 4.69) is 44.3 Å². The molecule has 1 heterocycles. The quantitative estimate of drug-likeness (QED) is 0.897. The predicted octanol–water partition coefficient (Wildman–Crippen LogP) is 3.31. The van der Waals surface area contributed by atoms with E-state index in [4.69, 9.17) is 0 Å².